The highest BCUT2D eigenvalue weighted by Gasteiger charge is 2.18. The predicted octanol–water partition coefficient (Wildman–Crippen LogP) is -0.990. The van der Waals surface area contributed by atoms with Crippen LogP contribution in [-0.2, 0) is 19.4 Å². The van der Waals surface area contributed by atoms with Crippen LogP contribution in [0.3, 0.4) is 0 Å². The van der Waals surface area contributed by atoms with Gasteiger partial charge < -0.3 is 10.4 Å². The lowest BCUT2D eigenvalue weighted by Gasteiger charge is -2.08. The van der Waals surface area contributed by atoms with Crippen molar-refractivity contribution in [1.29, 1.82) is 0 Å². The van der Waals surface area contributed by atoms with Gasteiger partial charge in [-0.15, -0.1) is 0 Å². The second kappa shape index (κ2) is 4.94. The molecular weight excluding hydrogens is 210 g/mol. The molecule has 6 nitrogen and oxygen atoms in total. The van der Waals surface area contributed by atoms with Crippen molar-refractivity contribution in [2.75, 3.05) is 11.5 Å². The first kappa shape index (κ1) is 12.9. The second-order valence-corrected chi connectivity index (χ2v) is 5.16. The Bertz CT molecular complexity index is 321. The summed E-state index contributed by atoms with van der Waals surface area (Å²) >= 11 is 0. The molecule has 0 aromatic rings. The number of rotatable bonds is 5. The zero-order valence-corrected chi connectivity index (χ0v) is 8.80. The smallest absolute Gasteiger partial charge is 0.325 e. The van der Waals surface area contributed by atoms with E-state index >= 15 is 0 Å². The molecule has 2 N–H and O–H groups in total. The molecule has 7 heteroatoms. The molecule has 0 saturated heterocycles. The summed E-state index contributed by atoms with van der Waals surface area (Å²) in [6.45, 7) is 2.68. The van der Waals surface area contributed by atoms with E-state index in [4.69, 9.17) is 5.11 Å². The number of sulfone groups is 1. The first-order valence-corrected chi connectivity index (χ1v) is 5.83. The van der Waals surface area contributed by atoms with E-state index < -0.39 is 33.5 Å². The number of carbonyl (C=O) groups excluding carboxylic acids is 1. The second-order valence-electron chi connectivity index (χ2n) is 2.80. The monoisotopic (exact) mass is 223 g/mol. The average Bonchev–Trinajstić information content (AvgIpc) is 2.02. The van der Waals surface area contributed by atoms with E-state index in [2.05, 4.69) is 5.32 Å². The molecule has 0 aromatic heterocycles. The maximum Gasteiger partial charge on any atom is 0.325 e. The van der Waals surface area contributed by atoms with Crippen LogP contribution in [0.4, 0.5) is 0 Å². The van der Waals surface area contributed by atoms with E-state index in [1.807, 2.05) is 0 Å². The Morgan fingerprint density at radius 1 is 1.43 bits per heavy atom. The topological polar surface area (TPSA) is 101 Å². The summed E-state index contributed by atoms with van der Waals surface area (Å²) in [7, 11) is -3.40. The largest absolute Gasteiger partial charge is 0.480 e. The van der Waals surface area contributed by atoms with Gasteiger partial charge in [0, 0.05) is 5.75 Å². The molecule has 14 heavy (non-hydrogen) atoms. The van der Waals surface area contributed by atoms with Crippen molar-refractivity contribution in [3.63, 3.8) is 0 Å². The first-order valence-electron chi connectivity index (χ1n) is 4.01. The van der Waals surface area contributed by atoms with Crippen molar-refractivity contribution in [1.82, 2.24) is 5.32 Å². The molecule has 0 aliphatic heterocycles. The van der Waals surface area contributed by atoms with Crippen molar-refractivity contribution < 1.29 is 23.1 Å². The highest BCUT2D eigenvalue weighted by atomic mass is 32.2. The molecule has 0 aromatic carbocycles. The summed E-state index contributed by atoms with van der Waals surface area (Å²) in [5.41, 5.74) is 0. The lowest BCUT2D eigenvalue weighted by molar-refractivity contribution is -0.140. The van der Waals surface area contributed by atoms with Gasteiger partial charge in [-0.25, -0.2) is 8.42 Å². The molecule has 0 fully saturated rings. The molecule has 0 aliphatic carbocycles. The van der Waals surface area contributed by atoms with E-state index in [9.17, 15) is 18.0 Å². The van der Waals surface area contributed by atoms with Gasteiger partial charge in [-0.1, -0.05) is 6.92 Å². The third kappa shape index (κ3) is 4.80. The van der Waals surface area contributed by atoms with E-state index in [1.165, 1.54) is 13.8 Å². The molecule has 0 saturated carbocycles. The van der Waals surface area contributed by atoms with Crippen LogP contribution < -0.4 is 5.32 Å². The highest BCUT2D eigenvalue weighted by Crippen LogP contribution is 1.90. The third-order valence-electron chi connectivity index (χ3n) is 1.54. The number of carbonyl (C=O) groups is 2. The van der Waals surface area contributed by atoms with Gasteiger partial charge in [0.25, 0.3) is 0 Å². The minimum atomic E-state index is -3.40. The highest BCUT2D eigenvalue weighted by molar-refractivity contribution is 7.92. The number of hydrogen-bond acceptors (Lipinski definition) is 4. The molecule has 0 heterocycles. The predicted molar refractivity (Wildman–Crippen MR) is 49.6 cm³/mol. The SMILES string of the molecule is CCS(=O)(=O)CC(=O)N[C@H](C)C(=O)O. The minimum Gasteiger partial charge on any atom is -0.480 e. The number of nitrogens with one attached hydrogen (secondary N) is 1. The van der Waals surface area contributed by atoms with Crippen LogP contribution in [0.2, 0.25) is 0 Å². The van der Waals surface area contributed by atoms with Crippen molar-refractivity contribution in [2.24, 2.45) is 0 Å². The van der Waals surface area contributed by atoms with Crippen molar-refractivity contribution in [2.45, 2.75) is 19.9 Å². The molecule has 0 spiro atoms. The van der Waals surface area contributed by atoms with Gasteiger partial charge in [0.2, 0.25) is 5.91 Å². The summed E-state index contributed by atoms with van der Waals surface area (Å²) in [4.78, 5) is 21.3. The van der Waals surface area contributed by atoms with Crippen LogP contribution in [0.15, 0.2) is 0 Å². The van der Waals surface area contributed by atoms with Crippen molar-refractivity contribution >= 4 is 21.7 Å². The van der Waals surface area contributed by atoms with Crippen LogP contribution in [0.25, 0.3) is 0 Å². The van der Waals surface area contributed by atoms with E-state index in [0.29, 0.717) is 0 Å². The van der Waals surface area contributed by atoms with Gasteiger partial charge >= 0.3 is 5.97 Å². The molecule has 82 valence electrons. The lowest BCUT2D eigenvalue weighted by atomic mass is 10.3. The van der Waals surface area contributed by atoms with E-state index in [-0.39, 0.29) is 5.75 Å². The van der Waals surface area contributed by atoms with Crippen LogP contribution in [0.5, 0.6) is 0 Å². The fourth-order valence-corrected chi connectivity index (χ4v) is 1.33. The first-order chi connectivity index (χ1) is 6.28. The van der Waals surface area contributed by atoms with Crippen molar-refractivity contribution in [3.05, 3.63) is 0 Å². The molecule has 0 aliphatic rings. The van der Waals surface area contributed by atoms with Crippen LogP contribution in [-0.4, -0.2) is 42.9 Å². The maximum atomic E-state index is 11.0. The molecule has 0 rings (SSSR count). The molecule has 0 radical (unpaired) electrons. The molecular formula is C7H13NO5S. The van der Waals surface area contributed by atoms with Gasteiger partial charge in [0.15, 0.2) is 9.84 Å². The van der Waals surface area contributed by atoms with Crippen LogP contribution >= 0.6 is 0 Å². The Labute approximate surface area is 82.2 Å². The molecule has 1 amide bonds. The lowest BCUT2D eigenvalue weighted by Crippen LogP contribution is -2.41. The zero-order chi connectivity index (χ0) is 11.4. The normalized spacial score (nSPS) is 13.3. The Balaban J connectivity index is 4.19. The Hall–Kier alpha value is -1.11. The van der Waals surface area contributed by atoms with Gasteiger partial charge in [-0.3, -0.25) is 9.59 Å². The van der Waals surface area contributed by atoms with E-state index in [0.717, 1.165) is 0 Å². The van der Waals surface area contributed by atoms with Gasteiger partial charge in [-0.2, -0.15) is 0 Å². The summed E-state index contributed by atoms with van der Waals surface area (Å²) in [5, 5.41) is 10.5. The minimum absolute atomic E-state index is 0.137. The standard InChI is InChI=1S/C7H13NO5S/c1-3-14(12,13)4-6(9)8-5(2)7(10)11/h5H,3-4H2,1-2H3,(H,8,9)(H,10,11)/t5-/m1/s1. The average molecular weight is 223 g/mol. The molecule has 0 unspecified atom stereocenters. The molecule has 1 atom stereocenters. The van der Waals surface area contributed by atoms with Gasteiger partial charge in [0.1, 0.15) is 11.8 Å². The zero-order valence-electron chi connectivity index (χ0n) is 7.98. The number of amides is 1. The fraction of sp³-hybridized carbons (Fsp3) is 0.714. The Morgan fingerprint density at radius 3 is 2.29 bits per heavy atom. The summed E-state index contributed by atoms with van der Waals surface area (Å²) in [5.74, 6) is -2.79. The van der Waals surface area contributed by atoms with Gasteiger partial charge in [-0.05, 0) is 6.92 Å². The Kier molecular flexibility index (Phi) is 4.55. The number of carboxylic acid groups (broad SMARTS) is 1. The van der Waals surface area contributed by atoms with Gasteiger partial charge in [0.05, 0.1) is 0 Å². The Morgan fingerprint density at radius 2 is 1.93 bits per heavy atom. The maximum absolute atomic E-state index is 11.0. The van der Waals surface area contributed by atoms with Crippen LogP contribution in [0.1, 0.15) is 13.8 Å². The van der Waals surface area contributed by atoms with Crippen LogP contribution in [0, 0.1) is 0 Å². The van der Waals surface area contributed by atoms with Crippen molar-refractivity contribution in [3.8, 4) is 0 Å². The molecule has 0 bridgehead atoms. The summed E-state index contributed by atoms with van der Waals surface area (Å²) < 4.78 is 21.9. The van der Waals surface area contributed by atoms with E-state index in [1.54, 1.807) is 0 Å². The number of carboxylic acids is 1. The number of aliphatic carboxylic acids is 1. The quantitative estimate of drug-likeness (QED) is 0.623. The summed E-state index contributed by atoms with van der Waals surface area (Å²) in [6, 6.07) is -1.07. The summed E-state index contributed by atoms with van der Waals surface area (Å²) in [6.07, 6.45) is 0. The fourth-order valence-electron chi connectivity index (χ4n) is 0.647. The third-order valence-corrected chi connectivity index (χ3v) is 3.12. The number of hydrogen-bond donors (Lipinski definition) is 2.